The zero-order chi connectivity index (χ0) is 20.7. The highest BCUT2D eigenvalue weighted by molar-refractivity contribution is 8.03. The molecule has 1 N–H and O–H groups in total. The predicted molar refractivity (Wildman–Crippen MR) is 103 cm³/mol. The lowest BCUT2D eigenvalue weighted by atomic mass is 9.87. The number of carboxylic acid groups (broad SMARTS) is 1. The van der Waals surface area contributed by atoms with Gasteiger partial charge in [0.05, 0.1) is 11.0 Å². The predicted octanol–water partition coefficient (Wildman–Crippen LogP) is 2.55. The van der Waals surface area contributed by atoms with E-state index in [1.54, 1.807) is 24.4 Å². The zero-order valence-electron chi connectivity index (χ0n) is 15.3. The quantitative estimate of drug-likeness (QED) is 0.332. The highest BCUT2D eigenvalue weighted by Gasteiger charge is 2.53. The third-order valence-electron chi connectivity index (χ3n) is 5.04. The summed E-state index contributed by atoms with van der Waals surface area (Å²) in [6.45, 7) is 1.82. The lowest BCUT2D eigenvalue weighted by Crippen LogP contribution is -2.52. The average molecular weight is 412 g/mol. The van der Waals surface area contributed by atoms with Gasteiger partial charge in [-0.3, -0.25) is 14.9 Å². The third kappa shape index (κ3) is 3.46. The topological polar surface area (TPSA) is 127 Å². The lowest BCUT2D eigenvalue weighted by molar-refractivity contribution is -0.384. The van der Waals surface area contributed by atoms with E-state index in [-0.39, 0.29) is 35.7 Å². The van der Waals surface area contributed by atoms with Crippen molar-refractivity contribution in [1.29, 1.82) is 0 Å². The van der Waals surface area contributed by atoms with E-state index in [1.165, 1.54) is 17.0 Å². The Morgan fingerprint density at radius 1 is 1.34 bits per heavy atom. The molecule has 2 aliphatic rings. The monoisotopic (exact) mass is 412 g/mol. The molecule has 1 aromatic carbocycles. The number of fused-ring (bicyclic) bond motifs is 1. The van der Waals surface area contributed by atoms with Crippen LogP contribution in [0.5, 0.6) is 0 Å². The minimum atomic E-state index is -1.16. The molecule has 0 spiro atoms. The van der Waals surface area contributed by atoms with Crippen molar-refractivity contribution < 1.29 is 19.6 Å². The van der Waals surface area contributed by atoms with E-state index in [2.05, 4.69) is 9.97 Å². The molecule has 1 fully saturated rings. The van der Waals surface area contributed by atoms with Gasteiger partial charge in [-0.1, -0.05) is 23.9 Å². The van der Waals surface area contributed by atoms with Crippen LogP contribution in [-0.2, 0) is 16.0 Å². The van der Waals surface area contributed by atoms with Crippen molar-refractivity contribution in [3.63, 3.8) is 0 Å². The minimum Gasteiger partial charge on any atom is -0.477 e. The van der Waals surface area contributed by atoms with Crippen LogP contribution < -0.4 is 0 Å². The number of nitro benzene ring substituents is 1. The number of nitrogens with zero attached hydrogens (tertiary/aromatic N) is 4. The number of thioether (sulfide) groups is 1. The van der Waals surface area contributed by atoms with Crippen molar-refractivity contribution in [2.75, 3.05) is 0 Å². The molecule has 1 aromatic heterocycles. The third-order valence-corrected chi connectivity index (χ3v) is 6.13. The molecular formula is C19H16N4O5S. The van der Waals surface area contributed by atoms with Gasteiger partial charge in [0, 0.05) is 41.3 Å². The molecule has 9 nitrogen and oxygen atoms in total. The number of hydrogen-bond acceptors (Lipinski definition) is 7. The molecule has 0 radical (unpaired) electrons. The van der Waals surface area contributed by atoms with Gasteiger partial charge in [-0.15, -0.1) is 0 Å². The highest BCUT2D eigenvalue weighted by Crippen LogP contribution is 2.49. The first kappa shape index (κ1) is 19.1. The summed E-state index contributed by atoms with van der Waals surface area (Å²) in [7, 11) is 0. The Bertz CT molecular complexity index is 1050. The molecule has 0 saturated carbocycles. The summed E-state index contributed by atoms with van der Waals surface area (Å²) in [6, 6.07) is 7.67. The van der Waals surface area contributed by atoms with E-state index in [0.29, 0.717) is 16.5 Å². The summed E-state index contributed by atoms with van der Waals surface area (Å²) in [6.07, 6.45) is 2.33. The van der Waals surface area contributed by atoms with Crippen molar-refractivity contribution in [2.45, 2.75) is 31.0 Å². The smallest absolute Gasteiger partial charge is 0.353 e. The number of rotatable bonds is 6. The number of β-lactam (4-membered cyclic amide) rings is 1. The van der Waals surface area contributed by atoms with Gasteiger partial charge in [0.1, 0.15) is 5.70 Å². The molecule has 10 heteroatoms. The van der Waals surface area contributed by atoms with Crippen molar-refractivity contribution in [3.05, 3.63) is 68.5 Å². The number of aliphatic carboxylic acids is 1. The summed E-state index contributed by atoms with van der Waals surface area (Å²) in [5.41, 5.74) is 1.55. The van der Waals surface area contributed by atoms with Crippen LogP contribution in [0, 0.1) is 23.0 Å². The van der Waals surface area contributed by atoms with Crippen LogP contribution in [0.15, 0.2) is 52.3 Å². The fourth-order valence-corrected chi connectivity index (χ4v) is 4.84. The minimum absolute atomic E-state index is 0.00912. The molecule has 2 aromatic rings. The molecule has 29 heavy (non-hydrogen) atoms. The van der Waals surface area contributed by atoms with Gasteiger partial charge in [-0.2, -0.15) is 0 Å². The number of carbonyl (C=O) groups is 2. The van der Waals surface area contributed by atoms with E-state index >= 15 is 0 Å². The van der Waals surface area contributed by atoms with E-state index in [4.69, 9.17) is 0 Å². The Kier molecular flexibility index (Phi) is 4.79. The Morgan fingerprint density at radius 3 is 2.66 bits per heavy atom. The molecule has 3 heterocycles. The zero-order valence-corrected chi connectivity index (χ0v) is 16.1. The molecule has 4 rings (SSSR count). The second kappa shape index (κ2) is 7.28. The lowest BCUT2D eigenvalue weighted by Gasteiger charge is -2.38. The molecule has 2 unspecified atom stereocenters. The summed E-state index contributed by atoms with van der Waals surface area (Å²) in [5, 5.41) is 21.0. The molecule has 0 aliphatic carbocycles. The van der Waals surface area contributed by atoms with Crippen molar-refractivity contribution >= 4 is 29.3 Å². The number of aryl methyl sites for hydroxylation is 1. The van der Waals surface area contributed by atoms with Crippen LogP contribution in [0.3, 0.4) is 0 Å². The van der Waals surface area contributed by atoms with Gasteiger partial charge in [-0.05, 0) is 25.0 Å². The highest BCUT2D eigenvalue weighted by atomic mass is 32.2. The number of non-ortho nitro benzene ring substituents is 1. The van der Waals surface area contributed by atoms with Gasteiger partial charge >= 0.3 is 5.97 Å². The first-order chi connectivity index (χ1) is 13.8. The average Bonchev–Trinajstić information content (AvgIpc) is 2.91. The maximum atomic E-state index is 12.1. The van der Waals surface area contributed by atoms with Crippen LogP contribution in [0.25, 0.3) is 0 Å². The van der Waals surface area contributed by atoms with E-state index < -0.39 is 10.9 Å². The molecular weight excluding hydrogens is 396 g/mol. The Balaban J connectivity index is 1.69. The van der Waals surface area contributed by atoms with Crippen LogP contribution >= 0.6 is 11.8 Å². The molecule has 1 amide bonds. The Morgan fingerprint density at radius 2 is 2.07 bits per heavy atom. The maximum absolute atomic E-state index is 12.1. The van der Waals surface area contributed by atoms with Crippen molar-refractivity contribution in [3.8, 4) is 0 Å². The first-order valence-corrected chi connectivity index (χ1v) is 9.67. The second-order valence-corrected chi connectivity index (χ2v) is 7.88. The molecule has 0 bridgehead atoms. The normalized spacial score (nSPS) is 20.4. The maximum Gasteiger partial charge on any atom is 0.353 e. The fourth-order valence-electron chi connectivity index (χ4n) is 3.67. The second-order valence-electron chi connectivity index (χ2n) is 6.87. The van der Waals surface area contributed by atoms with Crippen molar-refractivity contribution in [1.82, 2.24) is 14.9 Å². The Hall–Kier alpha value is -3.27. The summed E-state index contributed by atoms with van der Waals surface area (Å²) in [5.74, 6) is -1.62. The largest absolute Gasteiger partial charge is 0.477 e. The molecule has 148 valence electrons. The number of hydrogen-bond donors (Lipinski definition) is 1. The number of benzene rings is 1. The standard InChI is InChI=1S/C19H16N4O5S/c1-10-6-7-20-19(21-10)29-17-13(8-11-2-4-12(5-3-11)23(27)28)14-9-15(24)22(14)16(17)18(25)26/h2-7,13-14H,8-9H2,1H3,(H,25,26). The number of carbonyl (C=O) groups excluding carboxylic acids is 1. The van der Waals surface area contributed by atoms with Gasteiger partial charge in [0.15, 0.2) is 5.16 Å². The van der Waals surface area contributed by atoms with Crippen molar-refractivity contribution in [2.24, 2.45) is 5.92 Å². The molecule has 2 atom stereocenters. The molecule has 1 saturated heterocycles. The van der Waals surface area contributed by atoms with Crippen LogP contribution in [0.2, 0.25) is 0 Å². The van der Waals surface area contributed by atoms with Gasteiger partial charge < -0.3 is 10.0 Å². The SMILES string of the molecule is Cc1ccnc(SC2=C(C(=O)O)N3C(=O)CC3C2Cc2ccc([N+](=O)[O-])cc2)n1. The van der Waals surface area contributed by atoms with E-state index in [0.717, 1.165) is 23.0 Å². The summed E-state index contributed by atoms with van der Waals surface area (Å²) in [4.78, 5) is 44.9. The first-order valence-electron chi connectivity index (χ1n) is 8.85. The summed E-state index contributed by atoms with van der Waals surface area (Å²) >= 11 is 1.16. The fraction of sp³-hybridized carbons (Fsp3) is 0.263. The molecule has 2 aliphatic heterocycles. The number of amides is 1. The number of aromatic nitrogens is 2. The van der Waals surface area contributed by atoms with Crippen LogP contribution in [0.4, 0.5) is 5.69 Å². The van der Waals surface area contributed by atoms with E-state index in [9.17, 15) is 24.8 Å². The van der Waals surface area contributed by atoms with Crippen LogP contribution in [0.1, 0.15) is 17.7 Å². The Labute approximate surface area is 169 Å². The van der Waals surface area contributed by atoms with Gasteiger partial charge in [-0.25, -0.2) is 14.8 Å². The van der Waals surface area contributed by atoms with Crippen LogP contribution in [-0.4, -0.2) is 42.8 Å². The van der Waals surface area contributed by atoms with Gasteiger partial charge in [0.2, 0.25) is 5.91 Å². The van der Waals surface area contributed by atoms with E-state index in [1.807, 2.05) is 6.92 Å². The van der Waals surface area contributed by atoms with Gasteiger partial charge in [0.25, 0.3) is 5.69 Å². The summed E-state index contributed by atoms with van der Waals surface area (Å²) < 4.78 is 0. The number of carboxylic acids is 1. The number of nitro groups is 1.